The molecule has 0 saturated carbocycles. The molecule has 0 aliphatic carbocycles. The van der Waals surface area contributed by atoms with Crippen molar-refractivity contribution in [2.45, 2.75) is 19.9 Å². The largest absolute Gasteiger partial charge is 0.327 e. The number of halogens is 1. The highest BCUT2D eigenvalue weighted by atomic mass is 35.5. The average molecular weight is 334 g/mol. The van der Waals surface area contributed by atoms with Crippen molar-refractivity contribution >= 4 is 34.5 Å². The first-order chi connectivity index (χ1) is 10.6. The molecule has 6 heteroatoms. The quantitative estimate of drug-likeness (QED) is 0.913. The molecule has 2 heterocycles. The molecule has 1 aliphatic heterocycles. The van der Waals surface area contributed by atoms with Crippen LogP contribution in [0.4, 0.5) is 4.79 Å². The molecule has 0 radical (unpaired) electrons. The maximum absolute atomic E-state index is 12.2. The van der Waals surface area contributed by atoms with Gasteiger partial charge in [0.15, 0.2) is 0 Å². The predicted molar refractivity (Wildman–Crippen MR) is 89.9 cm³/mol. The minimum absolute atomic E-state index is 0.0989. The van der Waals surface area contributed by atoms with Gasteiger partial charge in [-0.15, -0.1) is 11.3 Å². The van der Waals surface area contributed by atoms with E-state index in [0.717, 1.165) is 21.8 Å². The molecule has 0 bridgehead atoms. The van der Waals surface area contributed by atoms with Crippen LogP contribution in [-0.2, 0) is 0 Å². The van der Waals surface area contributed by atoms with Crippen molar-refractivity contribution in [3.8, 4) is 0 Å². The molecule has 1 unspecified atom stereocenters. The van der Waals surface area contributed by atoms with Gasteiger partial charge in [-0.2, -0.15) is 0 Å². The smallest absolute Gasteiger partial charge is 0.322 e. The second-order valence-corrected chi connectivity index (χ2v) is 6.55. The highest BCUT2D eigenvalue weighted by Crippen LogP contribution is 2.34. The normalized spacial score (nSPS) is 18.1. The minimum atomic E-state index is -0.214. The van der Waals surface area contributed by atoms with E-state index in [1.165, 1.54) is 0 Å². The van der Waals surface area contributed by atoms with Crippen LogP contribution in [0.2, 0.25) is 5.02 Å². The molecule has 1 aliphatic rings. The molecule has 22 heavy (non-hydrogen) atoms. The van der Waals surface area contributed by atoms with Gasteiger partial charge in [-0.1, -0.05) is 23.7 Å². The maximum atomic E-state index is 12.2. The summed E-state index contributed by atoms with van der Waals surface area (Å²) in [6, 6.07) is 7.22. The molecular formula is C16H16ClN3OS. The van der Waals surface area contributed by atoms with Crippen molar-refractivity contribution in [3.05, 3.63) is 57.1 Å². The Hall–Kier alpha value is -1.85. The fourth-order valence-corrected chi connectivity index (χ4v) is 3.20. The van der Waals surface area contributed by atoms with Gasteiger partial charge in [0.2, 0.25) is 0 Å². The van der Waals surface area contributed by atoms with E-state index in [1.807, 2.05) is 49.7 Å². The Morgan fingerprint density at radius 2 is 2.09 bits per heavy atom. The van der Waals surface area contributed by atoms with Crippen LogP contribution >= 0.6 is 22.9 Å². The number of nitrogens with one attached hydrogen (secondary N) is 1. The summed E-state index contributed by atoms with van der Waals surface area (Å²) in [5, 5.41) is 6.76. The lowest BCUT2D eigenvalue weighted by Gasteiger charge is -2.31. The Morgan fingerprint density at radius 1 is 1.36 bits per heavy atom. The minimum Gasteiger partial charge on any atom is -0.327 e. The van der Waals surface area contributed by atoms with Gasteiger partial charge in [0, 0.05) is 28.7 Å². The molecule has 114 valence electrons. The number of hydrogen-bond donors (Lipinski definition) is 1. The van der Waals surface area contributed by atoms with Crippen molar-refractivity contribution in [3.63, 3.8) is 0 Å². The van der Waals surface area contributed by atoms with E-state index >= 15 is 0 Å². The van der Waals surface area contributed by atoms with Gasteiger partial charge in [0.1, 0.15) is 0 Å². The van der Waals surface area contributed by atoms with Crippen LogP contribution in [0.15, 0.2) is 35.8 Å². The summed E-state index contributed by atoms with van der Waals surface area (Å²) in [7, 11) is 0. The van der Waals surface area contributed by atoms with Gasteiger partial charge in [-0.25, -0.2) is 9.78 Å². The van der Waals surface area contributed by atoms with Gasteiger partial charge in [-0.05, 0) is 31.5 Å². The van der Waals surface area contributed by atoms with Crippen LogP contribution in [0.25, 0.3) is 5.57 Å². The number of hydrogen-bond acceptors (Lipinski definition) is 3. The van der Waals surface area contributed by atoms with Crippen molar-refractivity contribution in [1.82, 2.24) is 15.2 Å². The van der Waals surface area contributed by atoms with Crippen LogP contribution in [0.3, 0.4) is 0 Å². The lowest BCUT2D eigenvalue weighted by atomic mass is 9.96. The first-order valence-corrected chi connectivity index (χ1v) is 8.31. The second-order valence-electron chi connectivity index (χ2n) is 5.06. The number of aromatic nitrogens is 1. The van der Waals surface area contributed by atoms with Crippen LogP contribution in [0.5, 0.6) is 0 Å². The number of urea groups is 1. The summed E-state index contributed by atoms with van der Waals surface area (Å²) < 4.78 is 0. The van der Waals surface area contributed by atoms with Gasteiger partial charge in [-0.3, -0.25) is 0 Å². The lowest BCUT2D eigenvalue weighted by Crippen LogP contribution is -2.43. The van der Waals surface area contributed by atoms with Gasteiger partial charge >= 0.3 is 6.03 Å². The molecule has 1 aromatic heterocycles. The van der Waals surface area contributed by atoms with Crippen molar-refractivity contribution in [2.24, 2.45) is 0 Å². The summed E-state index contributed by atoms with van der Waals surface area (Å²) in [4.78, 5) is 18.4. The standard InChI is InChI=1S/C16H16ClN3OS/c1-3-20-8-13(14-9-22-10(2)18-14)15(19-16(20)21)11-4-6-12(17)7-5-11/h4-9,15H,3H2,1-2H3,(H,19,21). The highest BCUT2D eigenvalue weighted by molar-refractivity contribution is 7.09. The third-order valence-electron chi connectivity index (χ3n) is 3.59. The average Bonchev–Trinajstić information content (AvgIpc) is 2.94. The predicted octanol–water partition coefficient (Wildman–Crippen LogP) is 4.23. The highest BCUT2D eigenvalue weighted by Gasteiger charge is 2.29. The van der Waals surface area contributed by atoms with E-state index in [-0.39, 0.29) is 12.1 Å². The third-order valence-corrected chi connectivity index (χ3v) is 4.62. The molecule has 1 aromatic carbocycles. The zero-order valence-corrected chi connectivity index (χ0v) is 13.9. The number of amides is 2. The second kappa shape index (κ2) is 6.10. The van der Waals surface area contributed by atoms with E-state index in [2.05, 4.69) is 10.3 Å². The summed E-state index contributed by atoms with van der Waals surface area (Å²) in [6.45, 7) is 4.54. The number of thiazole rings is 1. The first kappa shape index (κ1) is 15.1. The van der Waals surface area contributed by atoms with Gasteiger partial charge in [0.05, 0.1) is 16.7 Å². The summed E-state index contributed by atoms with van der Waals surface area (Å²) in [5.41, 5.74) is 2.89. The van der Waals surface area contributed by atoms with E-state index < -0.39 is 0 Å². The summed E-state index contributed by atoms with van der Waals surface area (Å²) in [5.74, 6) is 0. The fourth-order valence-electron chi connectivity index (χ4n) is 2.45. The van der Waals surface area contributed by atoms with E-state index in [9.17, 15) is 4.79 Å². The van der Waals surface area contributed by atoms with Crippen molar-refractivity contribution < 1.29 is 4.79 Å². The van der Waals surface area contributed by atoms with Crippen LogP contribution in [-0.4, -0.2) is 22.5 Å². The van der Waals surface area contributed by atoms with E-state index in [1.54, 1.807) is 16.2 Å². The van der Waals surface area contributed by atoms with E-state index in [4.69, 9.17) is 11.6 Å². The van der Waals surface area contributed by atoms with Crippen molar-refractivity contribution in [2.75, 3.05) is 6.54 Å². The third kappa shape index (κ3) is 2.87. The summed E-state index contributed by atoms with van der Waals surface area (Å²) >= 11 is 7.56. The monoisotopic (exact) mass is 333 g/mol. The SMILES string of the molecule is CCN1C=C(c2csc(C)n2)C(c2ccc(Cl)cc2)NC1=O. The van der Waals surface area contributed by atoms with Crippen LogP contribution < -0.4 is 5.32 Å². The number of aryl methyl sites for hydroxylation is 1. The zero-order valence-electron chi connectivity index (χ0n) is 12.3. The summed E-state index contributed by atoms with van der Waals surface area (Å²) in [6.07, 6.45) is 1.90. The fraction of sp³-hybridized carbons (Fsp3) is 0.250. The Bertz CT molecular complexity index is 723. The van der Waals surface area contributed by atoms with Gasteiger partial charge in [0.25, 0.3) is 0 Å². The number of nitrogens with zero attached hydrogens (tertiary/aromatic N) is 2. The Kier molecular flexibility index (Phi) is 4.18. The molecule has 0 spiro atoms. The van der Waals surface area contributed by atoms with Crippen LogP contribution in [0, 0.1) is 6.92 Å². The maximum Gasteiger partial charge on any atom is 0.322 e. The van der Waals surface area contributed by atoms with Gasteiger partial charge < -0.3 is 10.2 Å². The number of benzene rings is 1. The number of carbonyl (C=O) groups is 1. The lowest BCUT2D eigenvalue weighted by molar-refractivity contribution is 0.212. The molecule has 1 N–H and O–H groups in total. The molecule has 1 atom stereocenters. The molecule has 2 amide bonds. The molecular weight excluding hydrogens is 318 g/mol. The zero-order chi connectivity index (χ0) is 15.7. The number of carbonyl (C=O) groups excluding carboxylic acids is 1. The van der Waals surface area contributed by atoms with Crippen molar-refractivity contribution in [1.29, 1.82) is 0 Å². The number of rotatable bonds is 3. The topological polar surface area (TPSA) is 45.2 Å². The first-order valence-electron chi connectivity index (χ1n) is 7.05. The molecule has 3 rings (SSSR count). The van der Waals surface area contributed by atoms with Crippen LogP contribution in [0.1, 0.15) is 29.2 Å². The molecule has 4 nitrogen and oxygen atoms in total. The van der Waals surface area contributed by atoms with E-state index in [0.29, 0.717) is 11.6 Å². The molecule has 0 fully saturated rings. The Morgan fingerprint density at radius 3 is 2.68 bits per heavy atom. The molecule has 2 aromatic rings. The molecule has 0 saturated heterocycles. The Labute approximate surface area is 138 Å². The Balaban J connectivity index is 2.06.